The van der Waals surface area contributed by atoms with Gasteiger partial charge in [-0.1, -0.05) is 13.8 Å². The summed E-state index contributed by atoms with van der Waals surface area (Å²) in [5.41, 5.74) is 5.75. The van der Waals surface area contributed by atoms with Crippen molar-refractivity contribution in [2.24, 2.45) is 11.7 Å². The fourth-order valence-corrected chi connectivity index (χ4v) is 0.149. The van der Waals surface area contributed by atoms with Crippen molar-refractivity contribution in [2.45, 2.75) is 13.8 Å². The van der Waals surface area contributed by atoms with Gasteiger partial charge in [0.05, 0.1) is 6.26 Å². The molecule has 0 aliphatic heterocycles. The molecule has 0 saturated carbocycles. The molecule has 0 heterocycles. The van der Waals surface area contributed by atoms with E-state index in [1.807, 2.05) is 13.8 Å². The van der Waals surface area contributed by atoms with Gasteiger partial charge in [0.25, 0.3) is 0 Å². The normalized spacial score (nSPS) is 12.7. The second kappa shape index (κ2) is 2.50. The van der Waals surface area contributed by atoms with Crippen molar-refractivity contribution in [3.05, 3.63) is 12.0 Å². The molecule has 0 bridgehead atoms. The highest BCUT2D eigenvalue weighted by Crippen LogP contribution is 1.98. The predicted molar refractivity (Wildman–Crippen MR) is 29.7 cm³/mol. The third-order valence-corrected chi connectivity index (χ3v) is 0.816. The van der Waals surface area contributed by atoms with Crippen LogP contribution in [0.15, 0.2) is 12.0 Å². The van der Waals surface area contributed by atoms with Crippen LogP contribution >= 0.6 is 0 Å². The van der Waals surface area contributed by atoms with Gasteiger partial charge in [-0.05, 0) is 5.92 Å². The molecule has 7 heavy (non-hydrogen) atoms. The molecule has 2 heteroatoms. The molecule has 0 unspecified atom stereocenters. The van der Waals surface area contributed by atoms with Crippen LogP contribution in [-0.2, 0) is 0 Å². The smallest absolute Gasteiger partial charge is 0.0981 e. The summed E-state index contributed by atoms with van der Waals surface area (Å²) in [6.45, 7) is 3.84. The first-order valence-corrected chi connectivity index (χ1v) is 2.28. The van der Waals surface area contributed by atoms with Gasteiger partial charge in [0.2, 0.25) is 0 Å². The Morgan fingerprint density at radius 2 is 2.14 bits per heavy atom. The number of rotatable bonds is 1. The quantitative estimate of drug-likeness (QED) is 0.484. The lowest BCUT2D eigenvalue weighted by atomic mass is 10.2. The van der Waals surface area contributed by atoms with Gasteiger partial charge in [-0.3, -0.25) is 0 Å². The minimum Gasteiger partial charge on any atom is -0.514 e. The van der Waals surface area contributed by atoms with E-state index in [0.29, 0.717) is 5.70 Å². The lowest BCUT2D eigenvalue weighted by molar-refractivity contribution is 0.457. The highest BCUT2D eigenvalue weighted by atomic mass is 16.2. The van der Waals surface area contributed by atoms with Crippen molar-refractivity contribution in [1.82, 2.24) is 0 Å². The number of hydrogen-bond donors (Lipinski definition) is 2. The van der Waals surface area contributed by atoms with Gasteiger partial charge >= 0.3 is 0 Å². The lowest BCUT2D eigenvalue weighted by Gasteiger charge is -1.99. The molecule has 3 N–H and O–H groups in total. The third-order valence-electron chi connectivity index (χ3n) is 0.816. The zero-order valence-electron chi connectivity index (χ0n) is 4.68. The average molecular weight is 101 g/mol. The zero-order valence-corrected chi connectivity index (χ0v) is 4.68. The molecule has 0 aromatic carbocycles. The van der Waals surface area contributed by atoms with Gasteiger partial charge in [0.1, 0.15) is 0 Å². The van der Waals surface area contributed by atoms with E-state index in [-0.39, 0.29) is 5.92 Å². The summed E-state index contributed by atoms with van der Waals surface area (Å²) in [6, 6.07) is 0. The third kappa shape index (κ3) is 2.09. The van der Waals surface area contributed by atoms with Crippen molar-refractivity contribution >= 4 is 0 Å². The number of nitrogens with two attached hydrogens (primary N) is 1. The molecule has 0 amide bonds. The number of allylic oxidation sites excluding steroid dienone is 1. The summed E-state index contributed by atoms with van der Waals surface area (Å²) < 4.78 is 0. The van der Waals surface area contributed by atoms with Gasteiger partial charge in [0, 0.05) is 5.70 Å². The van der Waals surface area contributed by atoms with Crippen molar-refractivity contribution in [1.29, 1.82) is 0 Å². The van der Waals surface area contributed by atoms with Crippen LogP contribution in [0.25, 0.3) is 0 Å². The summed E-state index contributed by atoms with van der Waals surface area (Å²) in [5.74, 6) is 0.255. The van der Waals surface area contributed by atoms with Gasteiger partial charge in [-0.15, -0.1) is 0 Å². The van der Waals surface area contributed by atoms with Gasteiger partial charge in [0.15, 0.2) is 0 Å². The molecule has 0 aromatic rings. The van der Waals surface area contributed by atoms with Gasteiger partial charge < -0.3 is 10.8 Å². The predicted octanol–water partition coefficient (Wildman–Crippen LogP) is 1.00. The van der Waals surface area contributed by atoms with Crippen molar-refractivity contribution < 1.29 is 5.11 Å². The van der Waals surface area contributed by atoms with Crippen LogP contribution in [0.5, 0.6) is 0 Å². The summed E-state index contributed by atoms with van der Waals surface area (Å²) in [5, 5.41) is 8.22. The molecule has 42 valence electrons. The summed E-state index contributed by atoms with van der Waals surface area (Å²) in [7, 11) is 0. The minimum atomic E-state index is 0.255. The molecule has 0 saturated heterocycles. The van der Waals surface area contributed by atoms with E-state index in [4.69, 9.17) is 10.8 Å². The number of aliphatic hydroxyl groups is 1. The van der Waals surface area contributed by atoms with Gasteiger partial charge in [-0.2, -0.15) is 0 Å². The first kappa shape index (κ1) is 6.34. The second-order valence-electron chi connectivity index (χ2n) is 1.78. The Hall–Kier alpha value is -0.660. The Morgan fingerprint density at radius 1 is 1.71 bits per heavy atom. The molecule has 0 aromatic heterocycles. The summed E-state index contributed by atoms with van der Waals surface area (Å²) in [6.07, 6.45) is 0.935. The van der Waals surface area contributed by atoms with Crippen molar-refractivity contribution in [2.75, 3.05) is 0 Å². The van der Waals surface area contributed by atoms with Crippen LogP contribution in [0, 0.1) is 5.92 Å². The summed E-state index contributed by atoms with van der Waals surface area (Å²) >= 11 is 0. The Bertz CT molecular complexity index is 76.1. The lowest BCUT2D eigenvalue weighted by Crippen LogP contribution is -2.03. The van der Waals surface area contributed by atoms with Crippen LogP contribution < -0.4 is 5.73 Å². The largest absolute Gasteiger partial charge is 0.514 e. The Labute approximate surface area is 43.6 Å². The molecule has 0 aliphatic rings. The maximum Gasteiger partial charge on any atom is 0.0981 e. The molecule has 0 rings (SSSR count). The van der Waals surface area contributed by atoms with E-state index in [1.165, 1.54) is 0 Å². The van der Waals surface area contributed by atoms with Crippen LogP contribution in [0.1, 0.15) is 13.8 Å². The average Bonchev–Trinajstić information content (AvgIpc) is 1.65. The van der Waals surface area contributed by atoms with E-state index >= 15 is 0 Å². The second-order valence-corrected chi connectivity index (χ2v) is 1.78. The van der Waals surface area contributed by atoms with Crippen LogP contribution in [0.2, 0.25) is 0 Å². The number of aliphatic hydroxyl groups excluding tert-OH is 1. The fourth-order valence-electron chi connectivity index (χ4n) is 0.149. The van der Waals surface area contributed by atoms with Crippen molar-refractivity contribution in [3.63, 3.8) is 0 Å². The topological polar surface area (TPSA) is 46.2 Å². The Balaban J connectivity index is 3.56. The van der Waals surface area contributed by atoms with E-state index < -0.39 is 0 Å². The van der Waals surface area contributed by atoms with Crippen molar-refractivity contribution in [3.8, 4) is 0 Å². The Morgan fingerprint density at radius 3 is 2.14 bits per heavy atom. The van der Waals surface area contributed by atoms with E-state index in [9.17, 15) is 0 Å². The van der Waals surface area contributed by atoms with Crippen LogP contribution in [-0.4, -0.2) is 5.11 Å². The molecule has 2 nitrogen and oxygen atoms in total. The highest BCUT2D eigenvalue weighted by molar-refractivity contribution is 4.92. The molecule has 0 radical (unpaired) electrons. The zero-order chi connectivity index (χ0) is 5.86. The first-order valence-electron chi connectivity index (χ1n) is 2.28. The molecule has 0 fully saturated rings. The van der Waals surface area contributed by atoms with Gasteiger partial charge in [-0.25, -0.2) is 0 Å². The molecule has 0 spiro atoms. The first-order chi connectivity index (χ1) is 3.18. The Kier molecular flexibility index (Phi) is 2.27. The minimum absolute atomic E-state index is 0.255. The van der Waals surface area contributed by atoms with E-state index in [2.05, 4.69) is 0 Å². The maximum atomic E-state index is 8.22. The van der Waals surface area contributed by atoms with Crippen LogP contribution in [0.4, 0.5) is 0 Å². The monoisotopic (exact) mass is 101 g/mol. The van der Waals surface area contributed by atoms with Crippen LogP contribution in [0.3, 0.4) is 0 Å². The fraction of sp³-hybridized carbons (Fsp3) is 0.600. The van der Waals surface area contributed by atoms with E-state index in [0.717, 1.165) is 6.26 Å². The SMILES string of the molecule is CC(C)/C(N)=C/O. The molecular weight excluding hydrogens is 90.1 g/mol. The molecule has 0 aliphatic carbocycles. The maximum absolute atomic E-state index is 8.22. The standard InChI is InChI=1S/C5H11NO/c1-4(2)5(6)3-7/h3-4,7H,6H2,1-2H3/b5-3-. The number of hydrogen-bond acceptors (Lipinski definition) is 2. The molecule has 0 atom stereocenters. The summed E-state index contributed by atoms with van der Waals surface area (Å²) in [4.78, 5) is 0. The van der Waals surface area contributed by atoms with E-state index in [1.54, 1.807) is 0 Å². The molecular formula is C5H11NO. The highest BCUT2D eigenvalue weighted by Gasteiger charge is 1.92.